The number of nitrogens with one attached hydrogen (secondary N) is 1. The number of Topliss-reactive ketones (excluding diaryl/α,β-unsaturated/α-hetero) is 1. The number of para-hydroxylation sites is 1. The molecule has 4 heteroatoms. The van der Waals surface area contributed by atoms with Gasteiger partial charge in [-0.2, -0.15) is 0 Å². The predicted molar refractivity (Wildman–Crippen MR) is 91.6 cm³/mol. The molecule has 0 radical (unpaired) electrons. The molecule has 1 amide bonds. The van der Waals surface area contributed by atoms with Crippen LogP contribution in [-0.4, -0.2) is 22.3 Å². The van der Waals surface area contributed by atoms with E-state index in [4.69, 9.17) is 0 Å². The van der Waals surface area contributed by atoms with Gasteiger partial charge in [-0.3, -0.25) is 9.59 Å². The van der Waals surface area contributed by atoms with Gasteiger partial charge in [0.1, 0.15) is 6.54 Å². The van der Waals surface area contributed by atoms with Crippen molar-refractivity contribution in [3.8, 4) is 0 Å². The van der Waals surface area contributed by atoms with E-state index in [1.807, 2.05) is 42.0 Å². The Morgan fingerprint density at radius 2 is 1.96 bits per heavy atom. The molecule has 0 saturated heterocycles. The average molecular weight is 312 g/mol. The minimum absolute atomic E-state index is 0.0344. The third-order valence-electron chi connectivity index (χ3n) is 4.60. The lowest BCUT2D eigenvalue weighted by atomic mass is 10.1. The molecule has 1 fully saturated rings. The number of hydrogen-bond donors (Lipinski definition) is 1. The van der Waals surface area contributed by atoms with E-state index in [-0.39, 0.29) is 18.2 Å². The highest BCUT2D eigenvalue weighted by Gasteiger charge is 2.19. The van der Waals surface area contributed by atoms with Crippen LogP contribution >= 0.6 is 0 Å². The first-order chi connectivity index (χ1) is 11.2. The molecular formula is C19H24N2O2. The van der Waals surface area contributed by atoms with Crippen molar-refractivity contribution in [3.05, 3.63) is 36.0 Å². The minimum Gasteiger partial charge on any atom is -0.352 e. The van der Waals surface area contributed by atoms with Crippen LogP contribution in [0.3, 0.4) is 0 Å². The molecule has 0 spiro atoms. The lowest BCUT2D eigenvalue weighted by molar-refractivity contribution is -0.122. The van der Waals surface area contributed by atoms with E-state index in [1.54, 1.807) is 0 Å². The Balaban J connectivity index is 1.82. The second-order valence-electron chi connectivity index (χ2n) is 6.41. The van der Waals surface area contributed by atoms with Gasteiger partial charge in [-0.1, -0.05) is 38.0 Å². The topological polar surface area (TPSA) is 51.1 Å². The summed E-state index contributed by atoms with van der Waals surface area (Å²) >= 11 is 0. The zero-order chi connectivity index (χ0) is 16.2. The number of hydrogen-bond acceptors (Lipinski definition) is 2. The molecular weight excluding hydrogens is 288 g/mol. The maximum atomic E-state index is 12.3. The summed E-state index contributed by atoms with van der Waals surface area (Å²) in [6, 6.07) is 8.14. The third-order valence-corrected chi connectivity index (χ3v) is 4.60. The van der Waals surface area contributed by atoms with Gasteiger partial charge in [0.05, 0.1) is 0 Å². The predicted octanol–water partition coefficient (Wildman–Crippen LogP) is 3.68. The maximum Gasteiger partial charge on any atom is 0.240 e. The highest BCUT2D eigenvalue weighted by atomic mass is 16.2. The van der Waals surface area contributed by atoms with Crippen LogP contribution in [0, 0.1) is 0 Å². The number of ketones is 1. The molecule has 3 rings (SSSR count). The van der Waals surface area contributed by atoms with E-state index >= 15 is 0 Å². The standard InChI is InChI=1S/C19H24N2O2/c1-2-7-18(22)16-12-21(17-11-6-5-10-15(16)17)13-19(23)20-14-8-3-4-9-14/h5-6,10-12,14H,2-4,7-9,13H2,1H3,(H,20,23). The second-order valence-corrected chi connectivity index (χ2v) is 6.41. The number of rotatable bonds is 6. The number of carbonyl (C=O) groups is 2. The van der Waals surface area contributed by atoms with Crippen molar-refractivity contribution in [2.45, 2.75) is 58.0 Å². The Labute approximate surface area is 136 Å². The van der Waals surface area contributed by atoms with E-state index in [0.29, 0.717) is 12.5 Å². The van der Waals surface area contributed by atoms with Gasteiger partial charge < -0.3 is 9.88 Å². The van der Waals surface area contributed by atoms with Crippen molar-refractivity contribution in [1.82, 2.24) is 9.88 Å². The minimum atomic E-state index is 0.0344. The fraction of sp³-hybridized carbons (Fsp3) is 0.474. The van der Waals surface area contributed by atoms with Gasteiger partial charge in [0.2, 0.25) is 5.91 Å². The molecule has 4 nitrogen and oxygen atoms in total. The Kier molecular flexibility index (Phi) is 4.79. The zero-order valence-electron chi connectivity index (χ0n) is 13.7. The Morgan fingerprint density at radius 3 is 2.70 bits per heavy atom. The molecule has 0 aliphatic heterocycles. The molecule has 1 saturated carbocycles. The quantitative estimate of drug-likeness (QED) is 0.827. The van der Waals surface area contributed by atoms with Crippen LogP contribution in [0.1, 0.15) is 55.8 Å². The Morgan fingerprint density at radius 1 is 1.22 bits per heavy atom. The van der Waals surface area contributed by atoms with Crippen LogP contribution in [0.4, 0.5) is 0 Å². The summed E-state index contributed by atoms with van der Waals surface area (Å²) in [5.41, 5.74) is 1.68. The monoisotopic (exact) mass is 312 g/mol. The Hall–Kier alpha value is -2.10. The lowest BCUT2D eigenvalue weighted by Gasteiger charge is -2.12. The number of amides is 1. The summed E-state index contributed by atoms with van der Waals surface area (Å²) < 4.78 is 1.91. The molecule has 1 aromatic heterocycles. The zero-order valence-corrected chi connectivity index (χ0v) is 13.7. The van der Waals surface area contributed by atoms with Crippen LogP contribution in [0.15, 0.2) is 30.5 Å². The second kappa shape index (κ2) is 6.99. The van der Waals surface area contributed by atoms with Crippen molar-refractivity contribution in [2.24, 2.45) is 0 Å². The van der Waals surface area contributed by atoms with Crippen molar-refractivity contribution in [3.63, 3.8) is 0 Å². The van der Waals surface area contributed by atoms with Crippen LogP contribution in [-0.2, 0) is 11.3 Å². The van der Waals surface area contributed by atoms with Gasteiger partial charge >= 0.3 is 0 Å². The number of benzene rings is 1. The van der Waals surface area contributed by atoms with Gasteiger partial charge in [0.15, 0.2) is 5.78 Å². The van der Waals surface area contributed by atoms with E-state index in [1.165, 1.54) is 12.8 Å². The molecule has 1 N–H and O–H groups in total. The van der Waals surface area contributed by atoms with Crippen molar-refractivity contribution in [1.29, 1.82) is 0 Å². The van der Waals surface area contributed by atoms with Crippen molar-refractivity contribution < 1.29 is 9.59 Å². The number of carbonyl (C=O) groups excluding carboxylic acids is 2. The lowest BCUT2D eigenvalue weighted by Crippen LogP contribution is -2.35. The molecule has 2 aromatic rings. The largest absolute Gasteiger partial charge is 0.352 e. The number of aromatic nitrogens is 1. The Bertz CT molecular complexity index is 711. The first-order valence-electron chi connectivity index (χ1n) is 8.59. The van der Waals surface area contributed by atoms with Crippen molar-refractivity contribution in [2.75, 3.05) is 0 Å². The molecule has 23 heavy (non-hydrogen) atoms. The highest BCUT2D eigenvalue weighted by Crippen LogP contribution is 2.23. The van der Waals surface area contributed by atoms with Crippen LogP contribution in [0.5, 0.6) is 0 Å². The highest BCUT2D eigenvalue weighted by molar-refractivity contribution is 6.08. The summed E-state index contributed by atoms with van der Waals surface area (Å²) in [5, 5.41) is 4.06. The van der Waals surface area contributed by atoms with Crippen LogP contribution in [0.2, 0.25) is 0 Å². The van der Waals surface area contributed by atoms with Gasteiger partial charge in [-0.15, -0.1) is 0 Å². The van der Waals surface area contributed by atoms with Crippen molar-refractivity contribution >= 4 is 22.6 Å². The van der Waals surface area contributed by atoms with Crippen LogP contribution in [0.25, 0.3) is 10.9 Å². The van der Waals surface area contributed by atoms with E-state index in [9.17, 15) is 9.59 Å². The average Bonchev–Trinajstić information content (AvgIpc) is 3.16. The van der Waals surface area contributed by atoms with Gasteiger partial charge in [-0.05, 0) is 25.3 Å². The third kappa shape index (κ3) is 3.46. The molecule has 0 unspecified atom stereocenters. The summed E-state index contributed by atoms with van der Waals surface area (Å²) in [5.74, 6) is 0.186. The van der Waals surface area contributed by atoms with Gasteiger partial charge in [0, 0.05) is 35.1 Å². The SMILES string of the molecule is CCCC(=O)c1cn(CC(=O)NC2CCCC2)c2ccccc12. The number of fused-ring (bicyclic) bond motifs is 1. The fourth-order valence-corrected chi connectivity index (χ4v) is 3.46. The molecule has 1 aliphatic rings. The summed E-state index contributed by atoms with van der Waals surface area (Å²) in [6.45, 7) is 2.28. The summed E-state index contributed by atoms with van der Waals surface area (Å²) in [7, 11) is 0. The first-order valence-corrected chi connectivity index (χ1v) is 8.59. The van der Waals surface area contributed by atoms with E-state index in [0.717, 1.165) is 35.7 Å². The first kappa shape index (κ1) is 15.8. The maximum absolute atomic E-state index is 12.3. The molecule has 0 atom stereocenters. The molecule has 0 bridgehead atoms. The van der Waals surface area contributed by atoms with E-state index < -0.39 is 0 Å². The molecule has 1 heterocycles. The van der Waals surface area contributed by atoms with E-state index in [2.05, 4.69) is 5.32 Å². The van der Waals surface area contributed by atoms with Crippen LogP contribution < -0.4 is 5.32 Å². The van der Waals surface area contributed by atoms with Gasteiger partial charge in [-0.25, -0.2) is 0 Å². The molecule has 122 valence electrons. The normalized spacial score (nSPS) is 15.2. The summed E-state index contributed by atoms with van der Waals surface area (Å²) in [4.78, 5) is 24.6. The fourth-order valence-electron chi connectivity index (χ4n) is 3.46. The summed E-state index contributed by atoms with van der Waals surface area (Å²) in [6.07, 6.45) is 7.79. The smallest absolute Gasteiger partial charge is 0.240 e. The molecule has 1 aliphatic carbocycles. The van der Waals surface area contributed by atoms with Gasteiger partial charge in [0.25, 0.3) is 0 Å². The number of nitrogens with zero attached hydrogens (tertiary/aromatic N) is 1. The molecule has 1 aromatic carbocycles.